The molecule has 0 heterocycles. The van der Waals surface area contributed by atoms with Gasteiger partial charge in [-0.25, -0.2) is 19.2 Å². The lowest BCUT2D eigenvalue weighted by Gasteiger charge is -2.18. The van der Waals surface area contributed by atoms with Crippen LogP contribution in [0.25, 0.3) is 11.1 Å². The van der Waals surface area contributed by atoms with E-state index in [4.69, 9.17) is 0 Å². The molecule has 0 aliphatic rings. The molecule has 2 aromatic rings. The van der Waals surface area contributed by atoms with Gasteiger partial charge in [0.05, 0.1) is 21.6 Å². The third-order valence-corrected chi connectivity index (χ3v) is 3.88. The van der Waals surface area contributed by atoms with Crippen molar-refractivity contribution < 1.29 is 55.7 Å². The molecular formula is C18H4F6O6. The number of hydrogen-bond acceptors (Lipinski definition) is 6. The summed E-state index contributed by atoms with van der Waals surface area (Å²) in [5, 5.41) is 13.6. The van der Waals surface area contributed by atoms with Crippen molar-refractivity contribution in [2.24, 2.45) is 0 Å². The largest absolute Gasteiger partial charge is 0.506 e. The average Bonchev–Trinajstić information content (AvgIpc) is 2.63. The van der Waals surface area contributed by atoms with Crippen LogP contribution in [-0.2, 0) is 31.5 Å². The van der Waals surface area contributed by atoms with Crippen molar-refractivity contribution >= 4 is 23.8 Å². The monoisotopic (exact) mass is 430 g/mol. The molecule has 2 aromatic carbocycles. The van der Waals surface area contributed by atoms with Crippen molar-refractivity contribution in [2.75, 3.05) is 0 Å². The van der Waals surface area contributed by atoms with E-state index in [1.165, 1.54) is 0 Å². The van der Waals surface area contributed by atoms with Crippen LogP contribution in [0.5, 0.6) is 11.5 Å². The highest BCUT2D eigenvalue weighted by Crippen LogP contribution is 2.40. The Morgan fingerprint density at radius 2 is 0.833 bits per heavy atom. The van der Waals surface area contributed by atoms with Gasteiger partial charge in [-0.05, 0) is 23.3 Å². The van der Waals surface area contributed by atoms with Crippen LogP contribution in [0.15, 0.2) is 12.1 Å². The zero-order valence-electron chi connectivity index (χ0n) is 13.9. The quantitative estimate of drug-likeness (QED) is 0.552. The van der Waals surface area contributed by atoms with Crippen molar-refractivity contribution in [1.82, 2.24) is 0 Å². The van der Waals surface area contributed by atoms with Gasteiger partial charge in [0.15, 0.2) is 0 Å². The van der Waals surface area contributed by atoms with Crippen LogP contribution in [0.2, 0.25) is 0 Å². The summed E-state index contributed by atoms with van der Waals surface area (Å²) in [6, 6.07) is 0.125. The van der Waals surface area contributed by atoms with Gasteiger partial charge in [0, 0.05) is 0 Å². The van der Waals surface area contributed by atoms with Crippen molar-refractivity contribution in [1.29, 1.82) is 0 Å². The molecule has 30 heavy (non-hydrogen) atoms. The molecule has 0 amide bonds. The van der Waals surface area contributed by atoms with Crippen molar-refractivity contribution in [3.8, 4) is 22.6 Å². The summed E-state index contributed by atoms with van der Waals surface area (Å²) in [6.07, 6.45) is -11.1. The number of hydrogen-bond donors (Lipinski definition) is 2. The van der Waals surface area contributed by atoms with E-state index in [9.17, 15) is 55.7 Å². The summed E-state index contributed by atoms with van der Waals surface area (Å²) < 4.78 is 81.7. The Kier molecular flexibility index (Phi) is 5.49. The van der Waals surface area contributed by atoms with Crippen molar-refractivity contribution in [2.45, 2.75) is 12.4 Å². The number of rotatable bonds is 1. The van der Waals surface area contributed by atoms with Gasteiger partial charge in [-0.1, -0.05) is 0 Å². The molecule has 154 valence electrons. The van der Waals surface area contributed by atoms with Gasteiger partial charge in [0.25, 0.3) is 0 Å². The second-order valence-electron chi connectivity index (χ2n) is 5.54. The van der Waals surface area contributed by atoms with Gasteiger partial charge in [-0.2, -0.15) is 26.3 Å². The lowest BCUT2D eigenvalue weighted by Crippen LogP contribution is -2.38. The first-order valence-corrected chi connectivity index (χ1v) is 7.30. The molecular weight excluding hydrogens is 426 g/mol. The zero-order valence-corrected chi connectivity index (χ0v) is 13.9. The molecule has 0 aliphatic heterocycles. The maximum absolute atomic E-state index is 13.6. The van der Waals surface area contributed by atoms with Crippen LogP contribution in [0.3, 0.4) is 0 Å². The van der Waals surface area contributed by atoms with Crippen LogP contribution >= 0.6 is 0 Å². The molecule has 0 saturated carbocycles. The summed E-state index contributed by atoms with van der Waals surface area (Å²) in [7, 11) is 0. The van der Waals surface area contributed by atoms with E-state index in [0.717, 1.165) is 23.8 Å². The molecule has 2 N–H and O–H groups in total. The highest BCUT2D eigenvalue weighted by Gasteiger charge is 2.41. The standard InChI is InChI=1S/C18H4F6O6/c19-17(20,21)15-7(1-13(29)9(3-25)11(15)5-27)8-2-14(30)10(4-26)12(6-28)16(8)18(22,23)24/h1-2,29-30H. The lowest BCUT2D eigenvalue weighted by atomic mass is 9.91. The van der Waals surface area contributed by atoms with E-state index >= 15 is 0 Å². The molecule has 0 saturated heterocycles. The molecule has 2 rings (SSSR count). The van der Waals surface area contributed by atoms with Crippen molar-refractivity contribution in [3.05, 3.63) is 44.1 Å². The van der Waals surface area contributed by atoms with Crippen LogP contribution in [0.4, 0.5) is 26.3 Å². The number of halogens is 6. The SMILES string of the molecule is O=C=c1c(O)cc(-c2cc(O)c(=C=O)c(=C=O)c2C(F)(F)F)c(C(F)(F)F)c1=C=O. The number of aromatic hydroxyl groups is 2. The molecule has 0 radical (unpaired) electrons. The fraction of sp³-hybridized carbons (Fsp3) is 0.111. The van der Waals surface area contributed by atoms with Crippen LogP contribution in [0.1, 0.15) is 11.1 Å². The zero-order chi connectivity index (χ0) is 23.0. The minimum absolute atomic E-state index is 0.0623. The van der Waals surface area contributed by atoms with Gasteiger partial charge in [0.2, 0.25) is 0 Å². The van der Waals surface area contributed by atoms with Crippen LogP contribution in [-0.4, -0.2) is 34.0 Å². The summed E-state index contributed by atoms with van der Waals surface area (Å²) in [5.74, 6) is 0.433. The average molecular weight is 430 g/mol. The minimum atomic E-state index is -5.57. The van der Waals surface area contributed by atoms with Crippen molar-refractivity contribution in [3.63, 3.8) is 0 Å². The van der Waals surface area contributed by atoms with Gasteiger partial charge in [-0.3, -0.25) is 0 Å². The normalized spacial score (nSPS) is 11.3. The Morgan fingerprint density at radius 1 is 0.567 bits per heavy atom. The smallest absolute Gasteiger partial charge is 0.418 e. The number of benzene rings is 2. The molecule has 0 atom stereocenters. The molecule has 0 unspecified atom stereocenters. The molecule has 0 spiro atoms. The van der Waals surface area contributed by atoms with Crippen LogP contribution < -0.4 is 20.9 Å². The second-order valence-corrected chi connectivity index (χ2v) is 5.54. The molecule has 12 heteroatoms. The van der Waals surface area contributed by atoms with E-state index in [0.29, 0.717) is 0 Å². The summed E-state index contributed by atoms with van der Waals surface area (Å²) in [5.41, 5.74) is -7.32. The number of phenolic OH excluding ortho intramolecular Hbond substituents is 2. The van der Waals surface area contributed by atoms with E-state index in [2.05, 4.69) is 0 Å². The fourth-order valence-electron chi connectivity index (χ4n) is 2.76. The fourth-order valence-corrected chi connectivity index (χ4v) is 2.76. The Labute approximate surface area is 159 Å². The minimum Gasteiger partial charge on any atom is -0.506 e. The Bertz CT molecular complexity index is 1290. The maximum atomic E-state index is 13.6. The van der Waals surface area contributed by atoms with Crippen LogP contribution in [0, 0.1) is 0 Å². The summed E-state index contributed by atoms with van der Waals surface area (Å²) in [4.78, 5) is 43.8. The molecule has 6 nitrogen and oxygen atoms in total. The summed E-state index contributed by atoms with van der Waals surface area (Å²) in [6.45, 7) is 0. The maximum Gasteiger partial charge on any atom is 0.418 e. The topological polar surface area (TPSA) is 109 Å². The predicted octanol–water partition coefficient (Wildman–Crippen LogP) is -1.18. The van der Waals surface area contributed by atoms with E-state index < -0.39 is 67.0 Å². The summed E-state index contributed by atoms with van der Waals surface area (Å²) >= 11 is 0. The second kappa shape index (κ2) is 7.40. The Hall–Kier alpha value is -4.06. The number of alkyl halides is 6. The highest BCUT2D eigenvalue weighted by molar-refractivity contribution is 5.79. The number of carbonyl (C=O) groups excluding carboxylic acids is 4. The number of phenols is 2. The third kappa shape index (κ3) is 3.51. The molecule has 0 aliphatic carbocycles. The first-order chi connectivity index (χ1) is 13.8. The van der Waals surface area contributed by atoms with Gasteiger partial charge >= 0.3 is 12.4 Å². The Morgan fingerprint density at radius 3 is 1.03 bits per heavy atom. The van der Waals surface area contributed by atoms with E-state index in [-0.39, 0.29) is 12.1 Å². The first kappa shape index (κ1) is 22.2. The molecule has 0 bridgehead atoms. The van der Waals surface area contributed by atoms with Gasteiger partial charge in [0.1, 0.15) is 45.7 Å². The third-order valence-electron chi connectivity index (χ3n) is 3.88. The molecule has 0 aromatic heterocycles. The van der Waals surface area contributed by atoms with E-state index in [1.807, 2.05) is 0 Å². The van der Waals surface area contributed by atoms with Gasteiger partial charge in [-0.15, -0.1) is 0 Å². The lowest BCUT2D eigenvalue weighted by molar-refractivity contribution is -0.140. The first-order valence-electron chi connectivity index (χ1n) is 7.30. The predicted molar refractivity (Wildman–Crippen MR) is 82.9 cm³/mol. The molecule has 0 fully saturated rings. The highest BCUT2D eigenvalue weighted by atomic mass is 19.4. The Balaban J connectivity index is 3.44. The van der Waals surface area contributed by atoms with E-state index in [1.54, 1.807) is 0 Å². The van der Waals surface area contributed by atoms with Gasteiger partial charge < -0.3 is 10.2 Å².